The van der Waals surface area contributed by atoms with Crippen LogP contribution in [0.1, 0.15) is 11.3 Å². The minimum absolute atomic E-state index is 0.0418. The summed E-state index contributed by atoms with van der Waals surface area (Å²) >= 11 is 3.17. The number of anilines is 1. The van der Waals surface area contributed by atoms with E-state index < -0.39 is 16.8 Å². The van der Waals surface area contributed by atoms with E-state index >= 15 is 0 Å². The number of hydrogen-bond donors (Lipinski definition) is 2. The first-order valence-electron chi connectivity index (χ1n) is 5.57. The lowest BCUT2D eigenvalue weighted by Crippen LogP contribution is -2.05. The van der Waals surface area contributed by atoms with Crippen LogP contribution in [0.25, 0.3) is 0 Å². The Bertz CT molecular complexity index is 672. The second kappa shape index (κ2) is 5.72. The lowest BCUT2D eigenvalue weighted by atomic mass is 10.2. The maximum absolute atomic E-state index is 12.4. The lowest BCUT2D eigenvalue weighted by molar-refractivity contribution is -0.385. The van der Waals surface area contributed by atoms with Gasteiger partial charge in [-0.2, -0.15) is 18.3 Å². The molecule has 0 aliphatic carbocycles. The first-order valence-corrected chi connectivity index (χ1v) is 6.36. The van der Waals surface area contributed by atoms with Crippen LogP contribution in [-0.4, -0.2) is 15.1 Å². The van der Waals surface area contributed by atoms with Crippen molar-refractivity contribution in [1.82, 2.24) is 10.2 Å². The van der Waals surface area contributed by atoms with Gasteiger partial charge in [0.2, 0.25) is 0 Å². The van der Waals surface area contributed by atoms with E-state index in [1.54, 1.807) is 6.07 Å². The summed E-state index contributed by atoms with van der Waals surface area (Å²) in [5.74, 6) is -0.0487. The molecule has 10 heteroatoms. The zero-order valence-corrected chi connectivity index (χ0v) is 11.8. The number of alkyl halides is 3. The molecule has 0 atom stereocenters. The Morgan fingerprint density at radius 1 is 1.43 bits per heavy atom. The normalized spacial score (nSPS) is 11.4. The van der Waals surface area contributed by atoms with Crippen molar-refractivity contribution in [1.29, 1.82) is 0 Å². The summed E-state index contributed by atoms with van der Waals surface area (Å²) in [7, 11) is 0. The van der Waals surface area contributed by atoms with Crippen molar-refractivity contribution in [3.63, 3.8) is 0 Å². The maximum Gasteiger partial charge on any atom is 0.432 e. The van der Waals surface area contributed by atoms with Crippen molar-refractivity contribution >= 4 is 27.4 Å². The fourth-order valence-corrected chi connectivity index (χ4v) is 2.13. The van der Waals surface area contributed by atoms with Gasteiger partial charge in [-0.25, -0.2) is 0 Å². The predicted octanol–water partition coefficient (Wildman–Crippen LogP) is 3.71. The molecule has 1 aromatic carbocycles. The van der Waals surface area contributed by atoms with Crippen molar-refractivity contribution in [3.05, 3.63) is 50.1 Å². The Labute approximate surface area is 124 Å². The van der Waals surface area contributed by atoms with Gasteiger partial charge in [0.1, 0.15) is 11.5 Å². The Morgan fingerprint density at radius 3 is 2.71 bits per heavy atom. The number of rotatable bonds is 4. The summed E-state index contributed by atoms with van der Waals surface area (Å²) in [5.41, 5.74) is -0.811. The van der Waals surface area contributed by atoms with E-state index in [4.69, 9.17) is 0 Å². The highest BCUT2D eigenvalue weighted by molar-refractivity contribution is 9.10. The van der Waals surface area contributed by atoms with Crippen molar-refractivity contribution < 1.29 is 18.1 Å². The van der Waals surface area contributed by atoms with Gasteiger partial charge in [-0.3, -0.25) is 15.2 Å². The average Bonchev–Trinajstić information content (AvgIpc) is 2.85. The molecule has 1 aromatic heterocycles. The van der Waals surface area contributed by atoms with Gasteiger partial charge in [-0.15, -0.1) is 0 Å². The van der Waals surface area contributed by atoms with Gasteiger partial charge in [0, 0.05) is 23.2 Å². The molecule has 6 nitrogen and oxygen atoms in total. The van der Waals surface area contributed by atoms with Gasteiger partial charge < -0.3 is 5.32 Å². The maximum atomic E-state index is 12.4. The van der Waals surface area contributed by atoms with Crippen LogP contribution < -0.4 is 5.32 Å². The molecule has 0 aliphatic rings. The van der Waals surface area contributed by atoms with Crippen LogP contribution in [0.3, 0.4) is 0 Å². The molecule has 0 saturated carbocycles. The molecule has 0 fully saturated rings. The molecule has 112 valence electrons. The quantitative estimate of drug-likeness (QED) is 0.639. The Kier molecular flexibility index (Phi) is 4.16. The first-order chi connectivity index (χ1) is 9.79. The highest BCUT2D eigenvalue weighted by atomic mass is 79.9. The minimum Gasteiger partial charge on any atom is -0.364 e. The largest absolute Gasteiger partial charge is 0.432 e. The van der Waals surface area contributed by atoms with Crippen LogP contribution in [0.2, 0.25) is 0 Å². The number of nitrogens with zero attached hydrogens (tertiary/aromatic N) is 2. The number of aromatic amines is 1. The molecular weight excluding hydrogens is 357 g/mol. The van der Waals surface area contributed by atoms with E-state index in [1.807, 2.05) is 5.10 Å². The van der Waals surface area contributed by atoms with Gasteiger partial charge in [0.05, 0.1) is 10.5 Å². The number of nitrogens with one attached hydrogen (secondary N) is 2. The Hall–Kier alpha value is -2.10. The van der Waals surface area contributed by atoms with Gasteiger partial charge in [-0.05, 0) is 6.07 Å². The number of nitro groups is 1. The molecule has 2 rings (SSSR count). The Balaban J connectivity index is 2.17. The molecule has 2 N–H and O–H groups in total. The second-order valence-corrected chi connectivity index (χ2v) is 4.87. The molecule has 1 heterocycles. The highest BCUT2D eigenvalue weighted by Gasteiger charge is 2.33. The topological polar surface area (TPSA) is 83.9 Å². The lowest BCUT2D eigenvalue weighted by Gasteiger charge is -2.06. The van der Waals surface area contributed by atoms with Gasteiger partial charge >= 0.3 is 6.18 Å². The number of hydrogen-bond acceptors (Lipinski definition) is 4. The van der Waals surface area contributed by atoms with E-state index in [9.17, 15) is 23.3 Å². The van der Waals surface area contributed by atoms with Crippen LogP contribution in [0.5, 0.6) is 0 Å². The number of nitro benzene ring substituents is 1. The molecule has 0 unspecified atom stereocenters. The molecule has 0 saturated heterocycles. The van der Waals surface area contributed by atoms with Crippen LogP contribution >= 0.6 is 15.9 Å². The van der Waals surface area contributed by atoms with Crippen LogP contribution in [-0.2, 0) is 12.7 Å². The molecule has 0 radical (unpaired) electrons. The fraction of sp³-hybridized carbons (Fsp3) is 0.182. The van der Waals surface area contributed by atoms with Gasteiger partial charge in [-0.1, -0.05) is 22.0 Å². The fourth-order valence-electron chi connectivity index (χ4n) is 1.63. The summed E-state index contributed by atoms with van der Waals surface area (Å²) in [6, 6.07) is 5.22. The van der Waals surface area contributed by atoms with Crippen LogP contribution in [0.15, 0.2) is 28.7 Å². The molecule has 0 amide bonds. The number of H-pyrrole nitrogens is 1. The molecular formula is C11H8BrF3N4O2. The Morgan fingerprint density at radius 2 is 2.14 bits per heavy atom. The van der Waals surface area contributed by atoms with Crippen molar-refractivity contribution in [2.45, 2.75) is 12.7 Å². The summed E-state index contributed by atoms with van der Waals surface area (Å²) in [4.78, 5) is 10.3. The standard InChI is InChI=1S/C11H8BrF3N4O2/c12-7-2-1-3-8(19(20)21)6(7)5-16-10-4-9(17-18-10)11(13,14)15/h1-4H,5H2,(H2,16,17,18). The van der Waals surface area contributed by atoms with Crippen LogP contribution in [0, 0.1) is 10.1 Å². The van der Waals surface area contributed by atoms with Crippen molar-refractivity contribution in [2.75, 3.05) is 5.32 Å². The number of aromatic nitrogens is 2. The summed E-state index contributed by atoms with van der Waals surface area (Å²) < 4.78 is 37.7. The third-order valence-electron chi connectivity index (χ3n) is 2.62. The second-order valence-electron chi connectivity index (χ2n) is 4.01. The zero-order valence-electron chi connectivity index (χ0n) is 10.2. The van der Waals surface area contributed by atoms with Gasteiger partial charge in [0.25, 0.3) is 5.69 Å². The molecule has 0 bridgehead atoms. The van der Waals surface area contributed by atoms with Crippen molar-refractivity contribution in [3.8, 4) is 0 Å². The van der Waals surface area contributed by atoms with E-state index in [1.165, 1.54) is 12.1 Å². The number of benzene rings is 1. The summed E-state index contributed by atoms with van der Waals surface area (Å²) in [6.45, 7) is -0.0418. The highest BCUT2D eigenvalue weighted by Crippen LogP contribution is 2.30. The van der Waals surface area contributed by atoms with Gasteiger partial charge in [0.15, 0.2) is 0 Å². The smallest absolute Gasteiger partial charge is 0.364 e. The molecule has 0 aliphatic heterocycles. The summed E-state index contributed by atoms with van der Waals surface area (Å²) in [5, 5.41) is 18.8. The van der Waals surface area contributed by atoms with Crippen molar-refractivity contribution in [2.24, 2.45) is 0 Å². The molecule has 21 heavy (non-hydrogen) atoms. The third kappa shape index (κ3) is 3.51. The zero-order chi connectivity index (χ0) is 15.6. The average molecular weight is 365 g/mol. The monoisotopic (exact) mass is 364 g/mol. The summed E-state index contributed by atoms with van der Waals surface area (Å²) in [6.07, 6.45) is -4.52. The van der Waals surface area contributed by atoms with E-state index in [-0.39, 0.29) is 18.1 Å². The SMILES string of the molecule is O=[N+]([O-])c1cccc(Br)c1CNc1cc(C(F)(F)F)[nH]n1. The van der Waals surface area contributed by atoms with E-state index in [0.29, 0.717) is 10.0 Å². The van der Waals surface area contributed by atoms with Crippen LogP contribution in [0.4, 0.5) is 24.7 Å². The molecule has 2 aromatic rings. The van der Waals surface area contributed by atoms with E-state index in [0.717, 1.165) is 6.07 Å². The minimum atomic E-state index is -4.52. The number of halogens is 4. The predicted molar refractivity (Wildman–Crippen MR) is 71.7 cm³/mol. The van der Waals surface area contributed by atoms with E-state index in [2.05, 4.69) is 26.3 Å². The molecule has 0 spiro atoms. The third-order valence-corrected chi connectivity index (χ3v) is 3.36. The first kappa shape index (κ1) is 15.3.